The first-order valence-corrected chi connectivity index (χ1v) is 4.53. The summed E-state index contributed by atoms with van der Waals surface area (Å²) in [5.74, 6) is -3.63. The average molecular weight is 172 g/mol. The van der Waals surface area contributed by atoms with Crippen LogP contribution in [-0.4, -0.2) is 11.7 Å². The second kappa shape index (κ2) is 1.73. The van der Waals surface area contributed by atoms with Crippen LogP contribution in [0.25, 0.3) is 0 Å². The molecule has 1 nitrogen and oxygen atoms in total. The number of carbonyl (C=O) groups excluding carboxylic acids is 1. The summed E-state index contributed by atoms with van der Waals surface area (Å²) in [6.45, 7) is 0. The minimum Gasteiger partial charge on any atom is -0.299 e. The fourth-order valence-corrected chi connectivity index (χ4v) is 3.25. The first-order valence-electron chi connectivity index (χ1n) is 4.53. The Morgan fingerprint density at radius 2 is 2.00 bits per heavy atom. The van der Waals surface area contributed by atoms with E-state index in [1.54, 1.807) is 0 Å². The number of hydrogen-bond donors (Lipinski definition) is 0. The van der Waals surface area contributed by atoms with Crippen LogP contribution in [-0.2, 0) is 4.79 Å². The lowest BCUT2D eigenvalue weighted by atomic mass is 9.70. The van der Waals surface area contributed by atoms with E-state index in [-0.39, 0.29) is 17.6 Å². The van der Waals surface area contributed by atoms with Crippen molar-refractivity contribution in [2.45, 2.75) is 25.2 Å². The van der Waals surface area contributed by atoms with Gasteiger partial charge in [-0.05, 0) is 18.8 Å². The molecule has 0 spiro atoms. The molecule has 4 saturated carbocycles. The molecular formula is C9H10F2O. The third-order valence-electron chi connectivity index (χ3n) is 3.83. The van der Waals surface area contributed by atoms with Gasteiger partial charge in [0.1, 0.15) is 5.78 Å². The van der Waals surface area contributed by atoms with Crippen LogP contribution >= 0.6 is 0 Å². The van der Waals surface area contributed by atoms with Gasteiger partial charge in [0, 0.05) is 24.2 Å². The van der Waals surface area contributed by atoms with Gasteiger partial charge in [0.05, 0.1) is 0 Å². The monoisotopic (exact) mass is 172 g/mol. The molecule has 4 aliphatic rings. The number of Topliss-reactive ketones (excluding diaryl/α,β-unsaturated/α-hetero) is 1. The minimum absolute atomic E-state index is 0.0162. The molecule has 0 aromatic heterocycles. The Bertz CT molecular complexity index is 261. The molecule has 0 heterocycles. The van der Waals surface area contributed by atoms with E-state index < -0.39 is 17.8 Å². The number of hydrogen-bond acceptors (Lipinski definition) is 1. The maximum Gasteiger partial charge on any atom is 0.255 e. The second-order valence-corrected chi connectivity index (χ2v) is 4.34. The van der Waals surface area contributed by atoms with Gasteiger partial charge in [0.25, 0.3) is 5.92 Å². The van der Waals surface area contributed by atoms with Crippen LogP contribution < -0.4 is 0 Å². The number of ketones is 1. The Balaban J connectivity index is 2.00. The number of halogens is 2. The van der Waals surface area contributed by atoms with E-state index in [2.05, 4.69) is 0 Å². The lowest BCUT2D eigenvalue weighted by Crippen LogP contribution is -2.33. The summed E-state index contributed by atoms with van der Waals surface area (Å²) < 4.78 is 26.1. The van der Waals surface area contributed by atoms with E-state index in [9.17, 15) is 13.6 Å². The lowest BCUT2D eigenvalue weighted by molar-refractivity contribution is -0.129. The normalized spacial score (nSPS) is 53.7. The Hall–Kier alpha value is -0.470. The molecular weight excluding hydrogens is 162 g/mol. The Morgan fingerprint density at radius 1 is 1.25 bits per heavy atom. The average Bonchev–Trinajstić information content (AvgIpc) is 2.58. The van der Waals surface area contributed by atoms with Crippen molar-refractivity contribution in [3.63, 3.8) is 0 Å². The lowest BCUT2D eigenvalue weighted by Gasteiger charge is -2.31. The summed E-state index contributed by atoms with van der Waals surface area (Å²) in [5, 5.41) is 0. The van der Waals surface area contributed by atoms with Crippen molar-refractivity contribution in [3.05, 3.63) is 0 Å². The van der Waals surface area contributed by atoms with Crippen LogP contribution in [0.4, 0.5) is 8.78 Å². The quantitative estimate of drug-likeness (QED) is 0.545. The SMILES string of the molecule is O=C1C[C@@H]2CC[C@H]1C1C2C1(F)F. The van der Waals surface area contributed by atoms with Crippen LogP contribution in [0.15, 0.2) is 0 Å². The molecule has 3 heteroatoms. The molecule has 4 rings (SSSR count). The Morgan fingerprint density at radius 3 is 2.50 bits per heavy atom. The van der Waals surface area contributed by atoms with Gasteiger partial charge in [-0.3, -0.25) is 4.79 Å². The van der Waals surface area contributed by atoms with Gasteiger partial charge in [-0.15, -0.1) is 0 Å². The predicted molar refractivity (Wildman–Crippen MR) is 37.8 cm³/mol. The minimum atomic E-state index is -2.49. The van der Waals surface area contributed by atoms with Crippen LogP contribution in [0, 0.1) is 23.7 Å². The zero-order valence-electron chi connectivity index (χ0n) is 6.59. The maximum absolute atomic E-state index is 13.1. The molecule has 0 saturated heterocycles. The Kier molecular flexibility index (Phi) is 1.01. The first kappa shape index (κ1) is 6.98. The summed E-state index contributed by atoms with van der Waals surface area (Å²) in [6, 6.07) is 0. The topological polar surface area (TPSA) is 17.1 Å². The highest BCUT2D eigenvalue weighted by atomic mass is 19.3. The summed E-state index contributed by atoms with van der Waals surface area (Å²) in [7, 11) is 0. The zero-order chi connectivity index (χ0) is 8.51. The zero-order valence-corrected chi connectivity index (χ0v) is 6.59. The molecule has 0 amide bonds. The largest absolute Gasteiger partial charge is 0.299 e. The van der Waals surface area contributed by atoms with Crippen molar-refractivity contribution in [1.29, 1.82) is 0 Å². The molecule has 4 fully saturated rings. The van der Waals surface area contributed by atoms with Crippen LogP contribution in [0.5, 0.6) is 0 Å². The van der Waals surface area contributed by atoms with Gasteiger partial charge in [-0.2, -0.15) is 0 Å². The van der Waals surface area contributed by atoms with Gasteiger partial charge in [-0.25, -0.2) is 8.78 Å². The number of fused-ring (bicyclic) bond motifs is 2. The molecule has 66 valence electrons. The van der Waals surface area contributed by atoms with Crippen LogP contribution in [0.1, 0.15) is 19.3 Å². The molecule has 4 atom stereocenters. The molecule has 0 aromatic rings. The molecule has 0 aliphatic heterocycles. The van der Waals surface area contributed by atoms with Crippen LogP contribution in [0.2, 0.25) is 0 Å². The van der Waals surface area contributed by atoms with Gasteiger partial charge < -0.3 is 0 Å². The summed E-state index contributed by atoms with van der Waals surface area (Å²) >= 11 is 0. The second-order valence-electron chi connectivity index (χ2n) is 4.34. The highest BCUT2D eigenvalue weighted by Gasteiger charge is 2.77. The van der Waals surface area contributed by atoms with Crippen molar-refractivity contribution in [1.82, 2.24) is 0 Å². The van der Waals surface area contributed by atoms with E-state index in [1.807, 2.05) is 0 Å². The highest BCUT2D eigenvalue weighted by Crippen LogP contribution is 2.69. The van der Waals surface area contributed by atoms with Crippen LogP contribution in [0.3, 0.4) is 0 Å². The van der Waals surface area contributed by atoms with Gasteiger partial charge in [0.2, 0.25) is 0 Å². The van der Waals surface area contributed by atoms with Crippen molar-refractivity contribution in [2.75, 3.05) is 0 Å². The molecule has 0 radical (unpaired) electrons. The van der Waals surface area contributed by atoms with Crippen molar-refractivity contribution in [3.8, 4) is 0 Å². The summed E-state index contributed by atoms with van der Waals surface area (Å²) in [6.07, 6.45) is 2.01. The first-order chi connectivity index (χ1) is 5.62. The summed E-state index contributed by atoms with van der Waals surface area (Å²) in [4.78, 5) is 11.2. The van der Waals surface area contributed by atoms with Crippen molar-refractivity contribution < 1.29 is 13.6 Å². The fraction of sp³-hybridized carbons (Fsp3) is 0.889. The van der Waals surface area contributed by atoms with Crippen molar-refractivity contribution in [2.24, 2.45) is 23.7 Å². The van der Waals surface area contributed by atoms with Gasteiger partial charge in [-0.1, -0.05) is 0 Å². The number of alkyl halides is 2. The predicted octanol–water partition coefficient (Wildman–Crippen LogP) is 1.87. The molecule has 2 bridgehead atoms. The molecule has 0 aromatic carbocycles. The maximum atomic E-state index is 13.1. The van der Waals surface area contributed by atoms with Crippen molar-refractivity contribution >= 4 is 5.78 Å². The van der Waals surface area contributed by atoms with Gasteiger partial charge in [0.15, 0.2) is 0 Å². The molecule has 12 heavy (non-hydrogen) atoms. The standard InChI is InChI=1S/C9H10F2O/c10-9(11)7-4-1-2-5(8(7)9)6(12)3-4/h4-5,7-8H,1-3H2/t4-,5+,7?,8?/m0/s1. The molecule has 2 unspecified atom stereocenters. The smallest absolute Gasteiger partial charge is 0.255 e. The number of carbonyl (C=O) groups is 1. The van der Waals surface area contributed by atoms with E-state index in [1.165, 1.54) is 0 Å². The van der Waals surface area contributed by atoms with E-state index >= 15 is 0 Å². The molecule has 0 N–H and O–H groups in total. The number of rotatable bonds is 0. The van der Waals surface area contributed by atoms with Gasteiger partial charge >= 0.3 is 0 Å². The highest BCUT2D eigenvalue weighted by molar-refractivity contribution is 5.84. The Labute approximate surface area is 69.1 Å². The fourth-order valence-electron chi connectivity index (χ4n) is 3.25. The van der Waals surface area contributed by atoms with E-state index in [0.717, 1.165) is 12.8 Å². The summed E-state index contributed by atoms with van der Waals surface area (Å²) in [5.41, 5.74) is 0. The van der Waals surface area contributed by atoms with E-state index in [4.69, 9.17) is 0 Å². The third-order valence-corrected chi connectivity index (χ3v) is 3.83. The van der Waals surface area contributed by atoms with E-state index in [0.29, 0.717) is 6.42 Å². The molecule has 4 aliphatic carbocycles. The third kappa shape index (κ3) is 0.582.